The number of nitrogens with zero attached hydrogens (tertiary/aromatic N) is 3. The van der Waals surface area contributed by atoms with Crippen molar-refractivity contribution in [2.75, 3.05) is 6.61 Å². The molecule has 0 aliphatic carbocycles. The second kappa shape index (κ2) is 6.06. The van der Waals surface area contributed by atoms with E-state index in [1.165, 1.54) is 5.56 Å². The predicted octanol–water partition coefficient (Wildman–Crippen LogP) is 1.87. The molecule has 2 bridgehead atoms. The molecule has 2 aromatic rings. The van der Waals surface area contributed by atoms with Crippen LogP contribution in [-0.4, -0.2) is 44.4 Å². The number of amides is 1. The van der Waals surface area contributed by atoms with Gasteiger partial charge in [0, 0.05) is 29.9 Å². The van der Waals surface area contributed by atoms with E-state index < -0.39 is 0 Å². The number of aromatic nitrogens is 2. The van der Waals surface area contributed by atoms with Gasteiger partial charge >= 0.3 is 0 Å². The highest BCUT2D eigenvalue weighted by Crippen LogP contribution is 2.51. The monoisotopic (exact) mass is 325 g/mol. The van der Waals surface area contributed by atoms with Crippen LogP contribution in [0.2, 0.25) is 0 Å². The Balaban J connectivity index is 1.55. The molecule has 0 unspecified atom stereocenters. The molecule has 2 aliphatic rings. The molecular weight excluding hydrogens is 302 g/mol. The summed E-state index contributed by atoms with van der Waals surface area (Å²) in [7, 11) is 0. The summed E-state index contributed by atoms with van der Waals surface area (Å²) in [5.74, 6) is 0.120. The van der Waals surface area contributed by atoms with Gasteiger partial charge in [-0.05, 0) is 37.3 Å². The summed E-state index contributed by atoms with van der Waals surface area (Å²) in [5.41, 5.74) is 1.03. The Bertz CT molecular complexity index is 701. The van der Waals surface area contributed by atoms with Crippen molar-refractivity contribution >= 4 is 5.91 Å². The molecule has 1 N–H and O–H groups in total. The first-order valence-corrected chi connectivity index (χ1v) is 8.65. The molecule has 5 heteroatoms. The van der Waals surface area contributed by atoms with Gasteiger partial charge in [0.05, 0.1) is 6.61 Å². The second-order valence-electron chi connectivity index (χ2n) is 7.14. The fourth-order valence-electron chi connectivity index (χ4n) is 4.70. The highest BCUT2D eigenvalue weighted by Gasteiger charge is 2.56. The molecule has 2 fully saturated rings. The SMILES string of the molecule is O=C(Cn1cccn1)N1[C@H]2CC[C@@H]1[C@@](CO)(Cc1ccccc1)C2. The van der Waals surface area contributed by atoms with Crippen LogP contribution in [0.25, 0.3) is 0 Å². The minimum Gasteiger partial charge on any atom is -0.396 e. The van der Waals surface area contributed by atoms with E-state index >= 15 is 0 Å². The van der Waals surface area contributed by atoms with Crippen molar-refractivity contribution in [1.29, 1.82) is 0 Å². The fourth-order valence-corrected chi connectivity index (χ4v) is 4.70. The van der Waals surface area contributed by atoms with Gasteiger partial charge in [0.15, 0.2) is 0 Å². The predicted molar refractivity (Wildman–Crippen MR) is 90.2 cm³/mol. The van der Waals surface area contributed by atoms with Gasteiger partial charge < -0.3 is 10.0 Å². The number of carbonyl (C=O) groups excluding carboxylic acids is 1. The van der Waals surface area contributed by atoms with Crippen LogP contribution in [0, 0.1) is 5.41 Å². The Morgan fingerprint density at radius 2 is 2.08 bits per heavy atom. The number of benzene rings is 1. The molecule has 2 saturated heterocycles. The second-order valence-corrected chi connectivity index (χ2v) is 7.14. The third-order valence-electron chi connectivity index (χ3n) is 5.71. The zero-order chi connectivity index (χ0) is 16.6. The minimum absolute atomic E-state index is 0.120. The first-order valence-electron chi connectivity index (χ1n) is 8.65. The lowest BCUT2D eigenvalue weighted by Gasteiger charge is -2.36. The average Bonchev–Trinajstić information content (AvgIpc) is 3.31. The summed E-state index contributed by atoms with van der Waals surface area (Å²) in [6.07, 6.45) is 7.28. The summed E-state index contributed by atoms with van der Waals surface area (Å²) in [4.78, 5) is 14.9. The van der Waals surface area contributed by atoms with Gasteiger partial charge in [-0.2, -0.15) is 5.10 Å². The van der Waals surface area contributed by atoms with E-state index in [1.54, 1.807) is 10.9 Å². The standard InChI is InChI=1S/C19H23N3O2/c23-14-19(11-15-5-2-1-3-6-15)12-16-7-8-17(19)22(16)18(24)13-21-10-4-9-20-21/h1-6,9-10,16-17,23H,7-8,11-14H2/t16-,17+,19-/m0/s1. The average molecular weight is 325 g/mol. The molecule has 126 valence electrons. The molecule has 2 aliphatic heterocycles. The van der Waals surface area contributed by atoms with Crippen LogP contribution in [0.1, 0.15) is 24.8 Å². The summed E-state index contributed by atoms with van der Waals surface area (Å²) in [6, 6.07) is 12.5. The first-order chi connectivity index (χ1) is 11.7. The van der Waals surface area contributed by atoms with Crippen molar-refractivity contribution in [2.45, 2.75) is 44.3 Å². The van der Waals surface area contributed by atoms with Gasteiger partial charge in [-0.25, -0.2) is 0 Å². The molecule has 4 rings (SSSR count). The number of carbonyl (C=O) groups is 1. The lowest BCUT2D eigenvalue weighted by Crippen LogP contribution is -2.44. The van der Waals surface area contributed by atoms with Crippen LogP contribution in [0.4, 0.5) is 0 Å². The normalized spacial score (nSPS) is 28.5. The van der Waals surface area contributed by atoms with Crippen LogP contribution in [0.3, 0.4) is 0 Å². The van der Waals surface area contributed by atoms with Crippen molar-refractivity contribution in [1.82, 2.24) is 14.7 Å². The summed E-state index contributed by atoms with van der Waals surface area (Å²) in [5, 5.41) is 14.3. The number of aliphatic hydroxyl groups is 1. The molecular formula is C19H23N3O2. The maximum Gasteiger partial charge on any atom is 0.244 e. The Kier molecular flexibility index (Phi) is 3.88. The smallest absolute Gasteiger partial charge is 0.244 e. The quantitative estimate of drug-likeness (QED) is 0.913. The van der Waals surface area contributed by atoms with E-state index in [0.29, 0.717) is 0 Å². The summed E-state index contributed by atoms with van der Waals surface area (Å²) in [6.45, 7) is 0.418. The molecule has 1 aromatic carbocycles. The van der Waals surface area contributed by atoms with E-state index in [-0.39, 0.29) is 36.6 Å². The van der Waals surface area contributed by atoms with Gasteiger partial charge in [-0.15, -0.1) is 0 Å². The van der Waals surface area contributed by atoms with Crippen molar-refractivity contribution in [3.8, 4) is 0 Å². The van der Waals surface area contributed by atoms with Gasteiger partial charge in [-0.1, -0.05) is 30.3 Å². The highest BCUT2D eigenvalue weighted by atomic mass is 16.3. The van der Waals surface area contributed by atoms with Crippen LogP contribution in [-0.2, 0) is 17.8 Å². The van der Waals surface area contributed by atoms with Crippen LogP contribution >= 0.6 is 0 Å². The number of rotatable bonds is 5. The molecule has 5 nitrogen and oxygen atoms in total. The number of hydrogen-bond donors (Lipinski definition) is 1. The zero-order valence-electron chi connectivity index (χ0n) is 13.7. The minimum atomic E-state index is -0.204. The molecule has 3 atom stereocenters. The Morgan fingerprint density at radius 3 is 2.79 bits per heavy atom. The molecule has 0 spiro atoms. The van der Waals surface area contributed by atoms with E-state index in [0.717, 1.165) is 25.7 Å². The number of hydrogen-bond acceptors (Lipinski definition) is 3. The Hall–Kier alpha value is -2.14. The van der Waals surface area contributed by atoms with Gasteiger partial charge in [0.2, 0.25) is 5.91 Å². The maximum atomic E-state index is 12.8. The van der Waals surface area contributed by atoms with Crippen molar-refractivity contribution in [2.24, 2.45) is 5.41 Å². The van der Waals surface area contributed by atoms with E-state index in [1.807, 2.05) is 35.4 Å². The Labute approximate surface area is 141 Å². The maximum absolute atomic E-state index is 12.8. The molecule has 0 radical (unpaired) electrons. The van der Waals surface area contributed by atoms with Gasteiger partial charge in [-0.3, -0.25) is 9.48 Å². The molecule has 1 aromatic heterocycles. The topological polar surface area (TPSA) is 58.4 Å². The third kappa shape index (κ3) is 2.53. The number of aliphatic hydroxyl groups excluding tert-OH is 1. The van der Waals surface area contributed by atoms with Crippen LogP contribution < -0.4 is 0 Å². The van der Waals surface area contributed by atoms with Crippen molar-refractivity contribution in [3.05, 3.63) is 54.4 Å². The zero-order valence-corrected chi connectivity index (χ0v) is 13.7. The molecule has 3 heterocycles. The van der Waals surface area contributed by atoms with E-state index in [2.05, 4.69) is 17.2 Å². The summed E-state index contributed by atoms with van der Waals surface area (Å²) < 4.78 is 1.68. The van der Waals surface area contributed by atoms with Crippen molar-refractivity contribution < 1.29 is 9.90 Å². The van der Waals surface area contributed by atoms with E-state index in [4.69, 9.17) is 0 Å². The lowest BCUT2D eigenvalue weighted by atomic mass is 9.70. The third-order valence-corrected chi connectivity index (χ3v) is 5.71. The molecule has 0 saturated carbocycles. The van der Waals surface area contributed by atoms with Crippen LogP contribution in [0.5, 0.6) is 0 Å². The Morgan fingerprint density at radius 1 is 1.25 bits per heavy atom. The van der Waals surface area contributed by atoms with Crippen molar-refractivity contribution in [3.63, 3.8) is 0 Å². The first kappa shape index (κ1) is 15.4. The fraction of sp³-hybridized carbons (Fsp3) is 0.474. The largest absolute Gasteiger partial charge is 0.396 e. The van der Waals surface area contributed by atoms with Crippen LogP contribution in [0.15, 0.2) is 48.8 Å². The lowest BCUT2D eigenvalue weighted by molar-refractivity contribution is -0.134. The molecule has 24 heavy (non-hydrogen) atoms. The highest BCUT2D eigenvalue weighted by molar-refractivity contribution is 5.77. The molecule has 1 amide bonds. The number of fused-ring (bicyclic) bond motifs is 2. The summed E-state index contributed by atoms with van der Waals surface area (Å²) >= 11 is 0. The van der Waals surface area contributed by atoms with E-state index in [9.17, 15) is 9.90 Å². The van der Waals surface area contributed by atoms with Gasteiger partial charge in [0.1, 0.15) is 6.54 Å². The van der Waals surface area contributed by atoms with Gasteiger partial charge in [0.25, 0.3) is 0 Å².